The molecule has 2 unspecified atom stereocenters. The summed E-state index contributed by atoms with van der Waals surface area (Å²) in [4.78, 5) is 12.2. The quantitative estimate of drug-likeness (QED) is 0.0448. The van der Waals surface area contributed by atoms with Crippen molar-refractivity contribution in [1.82, 2.24) is 5.32 Å². The molecule has 0 aromatic heterocycles. The zero-order valence-electron chi connectivity index (χ0n) is 32.5. The van der Waals surface area contributed by atoms with Gasteiger partial charge in [0.25, 0.3) is 0 Å². The van der Waals surface area contributed by atoms with Gasteiger partial charge in [0.2, 0.25) is 5.91 Å². The van der Waals surface area contributed by atoms with E-state index < -0.39 is 12.1 Å². The van der Waals surface area contributed by atoms with Crippen molar-refractivity contribution in [2.75, 3.05) is 6.61 Å². The predicted octanol–water partition coefficient (Wildman–Crippen LogP) is 13.2. The van der Waals surface area contributed by atoms with E-state index in [1.165, 1.54) is 180 Å². The van der Waals surface area contributed by atoms with Crippen LogP contribution in [0.15, 0.2) is 24.3 Å². The summed E-state index contributed by atoms with van der Waals surface area (Å²) in [5, 5.41) is 22.8. The summed E-state index contributed by atoms with van der Waals surface area (Å²) >= 11 is 0. The molecule has 0 radical (unpaired) electrons. The summed E-state index contributed by atoms with van der Waals surface area (Å²) in [6, 6.07) is -0.632. The van der Waals surface area contributed by atoms with Crippen molar-refractivity contribution >= 4 is 5.91 Å². The Morgan fingerprint density at radius 2 is 0.812 bits per heavy atom. The number of carbonyl (C=O) groups excluding carboxylic acids is 1. The number of amides is 1. The van der Waals surface area contributed by atoms with Crippen LogP contribution in [-0.4, -0.2) is 34.9 Å². The highest BCUT2D eigenvalue weighted by molar-refractivity contribution is 5.76. The predicted molar refractivity (Wildman–Crippen MR) is 212 cm³/mol. The molecular formula is C44H85NO3. The first-order valence-corrected chi connectivity index (χ1v) is 21.6. The maximum Gasteiger partial charge on any atom is 0.220 e. The van der Waals surface area contributed by atoms with Crippen molar-refractivity contribution in [2.45, 2.75) is 244 Å². The first-order valence-electron chi connectivity index (χ1n) is 21.6. The van der Waals surface area contributed by atoms with Crippen molar-refractivity contribution in [3.8, 4) is 0 Å². The molecule has 0 fully saturated rings. The lowest BCUT2D eigenvalue weighted by molar-refractivity contribution is -0.123. The van der Waals surface area contributed by atoms with E-state index in [9.17, 15) is 15.0 Å². The van der Waals surface area contributed by atoms with Crippen LogP contribution < -0.4 is 5.32 Å². The summed E-state index contributed by atoms with van der Waals surface area (Å²) in [7, 11) is 0. The Morgan fingerprint density at radius 1 is 0.479 bits per heavy atom. The molecule has 0 saturated heterocycles. The van der Waals surface area contributed by atoms with Crippen LogP contribution in [-0.2, 0) is 4.79 Å². The van der Waals surface area contributed by atoms with E-state index in [2.05, 4.69) is 31.3 Å². The van der Waals surface area contributed by atoms with Crippen LogP contribution in [0.25, 0.3) is 0 Å². The number of hydrogen-bond acceptors (Lipinski definition) is 3. The van der Waals surface area contributed by atoms with Gasteiger partial charge in [-0.05, 0) is 32.1 Å². The standard InChI is InChI=1S/C44H85NO3/c1-3-5-7-9-11-12-13-14-15-16-17-18-19-20-21-22-23-24-25-26-27-28-29-30-31-32-34-35-37-39-43(47)42(41-46)45-44(48)40-38-36-33-10-8-6-4-2/h31-32,37,39,42-43,46-47H,3-30,33-36,38,40-41H2,1-2H3,(H,45,48)/b32-31+,39-37+. The number of aliphatic hydroxyl groups excluding tert-OH is 2. The molecule has 0 bridgehead atoms. The fourth-order valence-electron chi connectivity index (χ4n) is 6.61. The molecule has 0 aliphatic carbocycles. The van der Waals surface area contributed by atoms with E-state index in [1.54, 1.807) is 6.08 Å². The second-order valence-corrected chi connectivity index (χ2v) is 14.8. The van der Waals surface area contributed by atoms with Crippen LogP contribution >= 0.6 is 0 Å². The van der Waals surface area contributed by atoms with Gasteiger partial charge in [-0.25, -0.2) is 0 Å². The van der Waals surface area contributed by atoms with Crippen molar-refractivity contribution in [3.05, 3.63) is 24.3 Å². The summed E-state index contributed by atoms with van der Waals surface area (Å²) < 4.78 is 0. The first kappa shape index (κ1) is 46.9. The molecule has 48 heavy (non-hydrogen) atoms. The highest BCUT2D eigenvalue weighted by Crippen LogP contribution is 2.16. The van der Waals surface area contributed by atoms with E-state index in [1.807, 2.05) is 6.08 Å². The summed E-state index contributed by atoms with van der Waals surface area (Å²) in [6.45, 7) is 4.26. The Hall–Kier alpha value is -1.13. The third-order valence-electron chi connectivity index (χ3n) is 9.94. The zero-order valence-corrected chi connectivity index (χ0v) is 32.5. The van der Waals surface area contributed by atoms with E-state index >= 15 is 0 Å². The number of carbonyl (C=O) groups is 1. The van der Waals surface area contributed by atoms with Crippen molar-refractivity contribution in [2.24, 2.45) is 0 Å². The van der Waals surface area contributed by atoms with Crippen molar-refractivity contribution in [1.29, 1.82) is 0 Å². The summed E-state index contributed by atoms with van der Waals surface area (Å²) in [5.41, 5.74) is 0. The topological polar surface area (TPSA) is 69.6 Å². The molecule has 0 heterocycles. The lowest BCUT2D eigenvalue weighted by Crippen LogP contribution is -2.45. The molecule has 4 heteroatoms. The fourth-order valence-corrected chi connectivity index (χ4v) is 6.61. The van der Waals surface area contributed by atoms with Gasteiger partial charge in [-0.1, -0.05) is 218 Å². The summed E-state index contributed by atoms with van der Waals surface area (Å²) in [5.74, 6) is -0.0800. The first-order chi connectivity index (χ1) is 23.7. The molecule has 0 aromatic rings. The van der Waals surface area contributed by atoms with Gasteiger partial charge in [-0.2, -0.15) is 0 Å². The van der Waals surface area contributed by atoms with Crippen molar-refractivity contribution in [3.63, 3.8) is 0 Å². The van der Waals surface area contributed by atoms with Gasteiger partial charge in [0.15, 0.2) is 0 Å². The number of aliphatic hydroxyl groups is 2. The fraction of sp³-hybridized carbons (Fsp3) is 0.886. The van der Waals surface area contributed by atoms with Gasteiger partial charge in [0.1, 0.15) is 0 Å². The van der Waals surface area contributed by atoms with Crippen LogP contribution in [0.2, 0.25) is 0 Å². The Morgan fingerprint density at radius 3 is 1.21 bits per heavy atom. The number of rotatable bonds is 39. The van der Waals surface area contributed by atoms with Crippen LogP contribution in [0.3, 0.4) is 0 Å². The third-order valence-corrected chi connectivity index (χ3v) is 9.94. The Bertz CT molecular complexity index is 691. The Labute approximate surface area is 300 Å². The molecule has 0 rings (SSSR count). The molecular weight excluding hydrogens is 590 g/mol. The van der Waals surface area contributed by atoms with Gasteiger partial charge in [0, 0.05) is 6.42 Å². The van der Waals surface area contributed by atoms with Crippen molar-refractivity contribution < 1.29 is 15.0 Å². The number of nitrogens with one attached hydrogen (secondary N) is 1. The second kappa shape index (κ2) is 40.3. The van der Waals surface area contributed by atoms with Crippen LogP contribution in [0, 0.1) is 0 Å². The molecule has 0 aromatic carbocycles. The lowest BCUT2D eigenvalue weighted by Gasteiger charge is -2.19. The average Bonchev–Trinajstić information content (AvgIpc) is 3.09. The normalized spacial score (nSPS) is 13.2. The number of unbranched alkanes of at least 4 members (excludes halogenated alkanes) is 30. The highest BCUT2D eigenvalue weighted by Gasteiger charge is 2.17. The monoisotopic (exact) mass is 676 g/mol. The highest BCUT2D eigenvalue weighted by atomic mass is 16.3. The molecule has 4 nitrogen and oxygen atoms in total. The van der Waals surface area contributed by atoms with Gasteiger partial charge >= 0.3 is 0 Å². The third kappa shape index (κ3) is 36.2. The molecule has 2 atom stereocenters. The van der Waals surface area contributed by atoms with Gasteiger partial charge < -0.3 is 15.5 Å². The largest absolute Gasteiger partial charge is 0.394 e. The van der Waals surface area contributed by atoms with E-state index in [-0.39, 0.29) is 12.5 Å². The Kier molecular flexibility index (Phi) is 39.4. The number of hydrogen-bond donors (Lipinski definition) is 3. The van der Waals surface area contributed by atoms with E-state index in [0.29, 0.717) is 6.42 Å². The average molecular weight is 676 g/mol. The molecule has 1 amide bonds. The van der Waals surface area contributed by atoms with Gasteiger partial charge in [-0.15, -0.1) is 0 Å². The van der Waals surface area contributed by atoms with Gasteiger partial charge in [0.05, 0.1) is 18.8 Å². The maximum absolute atomic E-state index is 12.2. The SMILES string of the molecule is CCCCCCCCCCCCCCCCCCCCCCCCC/C=C/CC/C=C/C(O)C(CO)NC(=O)CCCCCCCCC. The van der Waals surface area contributed by atoms with E-state index in [0.717, 1.165) is 32.1 Å². The number of allylic oxidation sites excluding steroid dienone is 3. The minimum absolute atomic E-state index is 0.0800. The molecule has 284 valence electrons. The molecule has 3 N–H and O–H groups in total. The van der Waals surface area contributed by atoms with E-state index in [4.69, 9.17) is 0 Å². The smallest absolute Gasteiger partial charge is 0.220 e. The molecule has 0 aliphatic heterocycles. The maximum atomic E-state index is 12.2. The van der Waals surface area contributed by atoms with Crippen LogP contribution in [0.5, 0.6) is 0 Å². The van der Waals surface area contributed by atoms with Crippen LogP contribution in [0.4, 0.5) is 0 Å². The second-order valence-electron chi connectivity index (χ2n) is 14.8. The van der Waals surface area contributed by atoms with Gasteiger partial charge in [-0.3, -0.25) is 4.79 Å². The zero-order chi connectivity index (χ0) is 35.0. The van der Waals surface area contributed by atoms with Crippen LogP contribution in [0.1, 0.15) is 232 Å². The minimum atomic E-state index is -0.856. The molecule has 0 saturated carbocycles. The Balaban J connectivity index is 3.46. The lowest BCUT2D eigenvalue weighted by atomic mass is 10.0. The molecule has 0 spiro atoms. The minimum Gasteiger partial charge on any atom is -0.394 e. The molecule has 0 aliphatic rings. The summed E-state index contributed by atoms with van der Waals surface area (Å²) in [6.07, 6.45) is 51.8.